The van der Waals surface area contributed by atoms with E-state index < -0.39 is 12.0 Å². The smallest absolute Gasteiger partial charge is 0.328 e. The number of amides is 1. The molecule has 1 aromatic heterocycles. The zero-order valence-corrected chi connectivity index (χ0v) is 14.7. The van der Waals surface area contributed by atoms with Gasteiger partial charge in [0.15, 0.2) is 5.13 Å². The van der Waals surface area contributed by atoms with Gasteiger partial charge in [-0.05, 0) is 25.0 Å². The van der Waals surface area contributed by atoms with Gasteiger partial charge in [-0.25, -0.2) is 9.78 Å². The van der Waals surface area contributed by atoms with Crippen LogP contribution in [0, 0.1) is 12.8 Å². The molecule has 3 N–H and O–H groups in total. The van der Waals surface area contributed by atoms with Gasteiger partial charge in [0.05, 0.1) is 5.56 Å². The lowest BCUT2D eigenvalue weighted by molar-refractivity contribution is -0.137. The Morgan fingerprint density at radius 3 is 2.71 bits per heavy atom. The number of rotatable bonds is 6. The van der Waals surface area contributed by atoms with E-state index in [1.807, 2.05) is 20.8 Å². The summed E-state index contributed by atoms with van der Waals surface area (Å²) in [5, 5.41) is 3.20. The lowest BCUT2D eigenvalue weighted by Crippen LogP contribution is -2.39. The van der Waals surface area contributed by atoms with E-state index in [0.717, 1.165) is 11.3 Å². The van der Waals surface area contributed by atoms with Gasteiger partial charge in [0.25, 0.3) is 5.91 Å². The molecule has 2 rings (SSSR count). The van der Waals surface area contributed by atoms with Crippen molar-refractivity contribution in [2.45, 2.75) is 33.2 Å². The summed E-state index contributed by atoms with van der Waals surface area (Å²) >= 11 is 1.37. The highest BCUT2D eigenvalue weighted by molar-refractivity contribution is 7.15. The van der Waals surface area contributed by atoms with Crippen LogP contribution in [0.4, 0.5) is 5.13 Å². The number of hydrogen-bond acceptors (Lipinski definition) is 6. The van der Waals surface area contributed by atoms with Crippen LogP contribution in [0.5, 0.6) is 5.75 Å². The van der Waals surface area contributed by atoms with Crippen molar-refractivity contribution in [3.05, 3.63) is 40.9 Å². The first-order chi connectivity index (χ1) is 11.4. The fourth-order valence-electron chi connectivity index (χ4n) is 1.98. The molecular weight excluding hydrogens is 326 g/mol. The number of carbonyl (C=O) groups excluding carboxylic acids is 2. The number of benzene rings is 1. The quantitative estimate of drug-likeness (QED) is 0.619. The normalized spacial score (nSPS) is 13.2. The molecule has 1 aromatic carbocycles. The van der Waals surface area contributed by atoms with Crippen molar-refractivity contribution >= 4 is 28.3 Å². The van der Waals surface area contributed by atoms with Crippen LogP contribution in [-0.4, -0.2) is 22.9 Å². The summed E-state index contributed by atoms with van der Waals surface area (Å²) in [4.78, 5) is 29.7. The number of thiazole rings is 1. The summed E-state index contributed by atoms with van der Waals surface area (Å²) < 4.78 is 5.35. The average Bonchev–Trinajstić information content (AvgIpc) is 2.98. The fourth-order valence-corrected chi connectivity index (χ4v) is 2.64. The maximum Gasteiger partial charge on any atom is 0.328 e. The van der Waals surface area contributed by atoms with Crippen LogP contribution in [-0.2, 0) is 4.79 Å². The fraction of sp³-hybridized carbons (Fsp3) is 0.353. The van der Waals surface area contributed by atoms with E-state index in [0.29, 0.717) is 5.13 Å². The van der Waals surface area contributed by atoms with Gasteiger partial charge in [0, 0.05) is 11.1 Å². The van der Waals surface area contributed by atoms with Crippen molar-refractivity contribution < 1.29 is 14.3 Å². The van der Waals surface area contributed by atoms with Gasteiger partial charge in [-0.2, -0.15) is 0 Å². The van der Waals surface area contributed by atoms with Crippen LogP contribution in [0.3, 0.4) is 0 Å². The van der Waals surface area contributed by atoms with E-state index in [9.17, 15) is 9.59 Å². The van der Waals surface area contributed by atoms with Crippen molar-refractivity contribution in [1.29, 1.82) is 0 Å². The minimum atomic E-state index is -0.729. The largest absolute Gasteiger partial charge is 0.425 e. The molecule has 0 aliphatic heterocycles. The number of carbonyl (C=O) groups is 2. The predicted octanol–water partition coefficient (Wildman–Crippen LogP) is 2.98. The van der Waals surface area contributed by atoms with Crippen LogP contribution in [0.15, 0.2) is 30.5 Å². The number of nitrogens with two attached hydrogens (primary N) is 1. The Morgan fingerprint density at radius 2 is 2.08 bits per heavy atom. The van der Waals surface area contributed by atoms with Crippen LogP contribution in [0.1, 0.15) is 35.5 Å². The SMILES string of the molecule is CC[C@H](C)[C@H](N)C(=O)Oc1ccccc1C(=O)Nc1ncc(C)s1. The number of anilines is 1. The molecule has 0 saturated carbocycles. The van der Waals surface area contributed by atoms with Gasteiger partial charge in [-0.3, -0.25) is 10.1 Å². The summed E-state index contributed by atoms with van der Waals surface area (Å²) in [6.45, 7) is 5.74. The first-order valence-electron chi connectivity index (χ1n) is 7.72. The average molecular weight is 347 g/mol. The number of nitrogens with one attached hydrogen (secondary N) is 1. The van der Waals surface area contributed by atoms with Gasteiger partial charge in [-0.1, -0.05) is 32.4 Å². The molecule has 6 nitrogen and oxygen atoms in total. The van der Waals surface area contributed by atoms with E-state index >= 15 is 0 Å². The summed E-state index contributed by atoms with van der Waals surface area (Å²) in [5.41, 5.74) is 6.15. The minimum absolute atomic E-state index is 0.00298. The van der Waals surface area contributed by atoms with Crippen molar-refractivity contribution in [2.24, 2.45) is 11.7 Å². The zero-order chi connectivity index (χ0) is 17.7. The second kappa shape index (κ2) is 8.03. The summed E-state index contributed by atoms with van der Waals surface area (Å²) in [5.74, 6) is -0.747. The first-order valence-corrected chi connectivity index (χ1v) is 8.54. The number of hydrogen-bond donors (Lipinski definition) is 2. The Hall–Kier alpha value is -2.25. The minimum Gasteiger partial charge on any atom is -0.425 e. The number of para-hydroxylation sites is 1. The molecular formula is C17H21N3O3S. The van der Waals surface area contributed by atoms with E-state index in [1.54, 1.807) is 30.5 Å². The van der Waals surface area contributed by atoms with Gasteiger partial charge in [-0.15, -0.1) is 11.3 Å². The molecule has 24 heavy (non-hydrogen) atoms. The predicted molar refractivity (Wildman–Crippen MR) is 94.3 cm³/mol. The molecule has 128 valence electrons. The Kier molecular flexibility index (Phi) is 6.05. The highest BCUT2D eigenvalue weighted by Gasteiger charge is 2.23. The lowest BCUT2D eigenvalue weighted by atomic mass is 10.0. The molecule has 0 aliphatic carbocycles. The number of esters is 1. The number of ether oxygens (including phenoxy) is 1. The third kappa shape index (κ3) is 4.39. The Bertz CT molecular complexity index is 729. The molecule has 7 heteroatoms. The van der Waals surface area contributed by atoms with Gasteiger partial charge in [0.2, 0.25) is 0 Å². The highest BCUT2D eigenvalue weighted by Crippen LogP contribution is 2.23. The number of aryl methyl sites for hydroxylation is 1. The first kappa shape index (κ1) is 18.1. The molecule has 1 heterocycles. The third-order valence-electron chi connectivity index (χ3n) is 3.71. The molecule has 2 aromatic rings. The Balaban J connectivity index is 2.14. The van der Waals surface area contributed by atoms with E-state index in [2.05, 4.69) is 10.3 Å². The van der Waals surface area contributed by atoms with E-state index in [4.69, 9.17) is 10.5 Å². The van der Waals surface area contributed by atoms with E-state index in [1.165, 1.54) is 11.3 Å². The van der Waals surface area contributed by atoms with E-state index in [-0.39, 0.29) is 23.1 Å². The van der Waals surface area contributed by atoms with Gasteiger partial charge in [0.1, 0.15) is 11.8 Å². The number of aromatic nitrogens is 1. The molecule has 0 saturated heterocycles. The molecule has 1 amide bonds. The summed E-state index contributed by atoms with van der Waals surface area (Å²) in [6.07, 6.45) is 2.44. The summed E-state index contributed by atoms with van der Waals surface area (Å²) in [7, 11) is 0. The Labute approximate surface area is 145 Å². The molecule has 0 bridgehead atoms. The second-order valence-electron chi connectivity index (χ2n) is 5.56. The monoisotopic (exact) mass is 347 g/mol. The topological polar surface area (TPSA) is 94.3 Å². The zero-order valence-electron chi connectivity index (χ0n) is 13.9. The van der Waals surface area contributed by atoms with Crippen LogP contribution >= 0.6 is 11.3 Å². The molecule has 0 aliphatic rings. The molecule has 0 fully saturated rings. The highest BCUT2D eigenvalue weighted by atomic mass is 32.1. The maximum atomic E-state index is 12.4. The molecule has 0 spiro atoms. The molecule has 0 radical (unpaired) electrons. The van der Waals surface area contributed by atoms with Crippen molar-refractivity contribution in [2.75, 3.05) is 5.32 Å². The summed E-state index contributed by atoms with van der Waals surface area (Å²) in [6, 6.07) is 5.83. The third-order valence-corrected chi connectivity index (χ3v) is 4.54. The maximum absolute atomic E-state index is 12.4. The van der Waals surface area contributed by atoms with Crippen molar-refractivity contribution in [3.63, 3.8) is 0 Å². The molecule has 0 unspecified atom stereocenters. The molecule has 2 atom stereocenters. The van der Waals surface area contributed by atoms with Gasteiger partial charge >= 0.3 is 5.97 Å². The van der Waals surface area contributed by atoms with Crippen LogP contribution in [0.2, 0.25) is 0 Å². The van der Waals surface area contributed by atoms with Crippen LogP contribution < -0.4 is 15.8 Å². The second-order valence-corrected chi connectivity index (χ2v) is 6.79. The van der Waals surface area contributed by atoms with Crippen LogP contribution in [0.25, 0.3) is 0 Å². The lowest BCUT2D eigenvalue weighted by Gasteiger charge is -2.17. The van der Waals surface area contributed by atoms with Crippen molar-refractivity contribution in [3.8, 4) is 5.75 Å². The Morgan fingerprint density at radius 1 is 1.38 bits per heavy atom. The standard InChI is InChI=1S/C17H21N3O3S/c1-4-10(2)14(18)16(22)23-13-8-6-5-7-12(13)15(21)20-17-19-9-11(3)24-17/h5-10,14H,4,18H2,1-3H3,(H,19,20,21)/t10-,14-/m0/s1. The number of nitrogens with zero attached hydrogens (tertiary/aromatic N) is 1. The van der Waals surface area contributed by atoms with Gasteiger partial charge < -0.3 is 10.5 Å². The van der Waals surface area contributed by atoms with Crippen molar-refractivity contribution in [1.82, 2.24) is 4.98 Å².